The average Bonchev–Trinajstić information content (AvgIpc) is 2.78. The Bertz CT molecular complexity index is 818. The fourth-order valence-corrected chi connectivity index (χ4v) is 4.99. The van der Waals surface area contributed by atoms with Crippen LogP contribution in [0.3, 0.4) is 0 Å². The van der Waals surface area contributed by atoms with Crippen LogP contribution < -0.4 is 10.1 Å². The molecule has 3 aliphatic heterocycles. The third-order valence-corrected chi connectivity index (χ3v) is 6.80. The second kappa shape index (κ2) is 9.61. The van der Waals surface area contributed by atoms with E-state index in [4.69, 9.17) is 21.1 Å². The van der Waals surface area contributed by atoms with Gasteiger partial charge in [-0.3, -0.25) is 4.79 Å². The van der Waals surface area contributed by atoms with E-state index in [1.807, 2.05) is 9.80 Å². The number of amides is 3. The molecule has 3 amide bonds. The first-order valence-electron chi connectivity index (χ1n) is 11.0. The van der Waals surface area contributed by atoms with Crippen LogP contribution in [0, 0.1) is 11.7 Å². The van der Waals surface area contributed by atoms with Crippen molar-refractivity contribution in [3.05, 3.63) is 29.0 Å². The quantitative estimate of drug-likeness (QED) is 0.760. The molecule has 1 N–H and O–H groups in total. The molecule has 1 unspecified atom stereocenters. The fraction of sp³-hybridized carbons (Fsp3) is 0.636. The average molecular weight is 454 g/mol. The van der Waals surface area contributed by atoms with Crippen LogP contribution in [0.25, 0.3) is 0 Å². The van der Waals surface area contributed by atoms with E-state index in [0.29, 0.717) is 37.8 Å². The van der Waals surface area contributed by atoms with Crippen molar-refractivity contribution in [3.8, 4) is 5.75 Å². The van der Waals surface area contributed by atoms with Crippen molar-refractivity contribution in [3.63, 3.8) is 0 Å². The van der Waals surface area contributed by atoms with Gasteiger partial charge in [-0.1, -0.05) is 18.5 Å². The van der Waals surface area contributed by atoms with Crippen molar-refractivity contribution in [2.24, 2.45) is 5.92 Å². The number of piperidine rings is 2. The molecule has 0 radical (unpaired) electrons. The van der Waals surface area contributed by atoms with Gasteiger partial charge in [-0.2, -0.15) is 0 Å². The van der Waals surface area contributed by atoms with E-state index in [2.05, 4.69) is 12.2 Å². The van der Waals surface area contributed by atoms with Crippen LogP contribution >= 0.6 is 11.6 Å². The van der Waals surface area contributed by atoms with Gasteiger partial charge in [0.2, 0.25) is 5.91 Å². The number of fused-ring (bicyclic) bond motifs is 1. The molecule has 0 spiro atoms. The summed E-state index contributed by atoms with van der Waals surface area (Å²) in [4.78, 5) is 28.4. The molecule has 3 aliphatic rings. The number of nitrogens with one attached hydrogen (secondary N) is 1. The van der Waals surface area contributed by atoms with Crippen molar-refractivity contribution >= 4 is 23.5 Å². The van der Waals surface area contributed by atoms with Crippen LogP contribution in [0.4, 0.5) is 9.18 Å². The van der Waals surface area contributed by atoms with Crippen LogP contribution in [0.1, 0.15) is 32.6 Å². The number of carbonyl (C=O) groups is 2. The number of halogens is 2. The molecule has 1 aromatic carbocycles. The van der Waals surface area contributed by atoms with Gasteiger partial charge in [-0.25, -0.2) is 9.18 Å². The van der Waals surface area contributed by atoms with Crippen molar-refractivity contribution in [2.45, 2.75) is 50.9 Å². The zero-order valence-corrected chi connectivity index (χ0v) is 18.4. The second-order valence-corrected chi connectivity index (χ2v) is 8.91. The van der Waals surface area contributed by atoms with E-state index in [9.17, 15) is 14.0 Å². The van der Waals surface area contributed by atoms with Gasteiger partial charge in [0.25, 0.3) is 0 Å². The summed E-state index contributed by atoms with van der Waals surface area (Å²) in [5, 5.41) is 3.21. The number of rotatable bonds is 4. The maximum Gasteiger partial charge on any atom is 0.320 e. The lowest BCUT2D eigenvalue weighted by Gasteiger charge is -2.44. The van der Waals surface area contributed by atoms with Gasteiger partial charge in [0.1, 0.15) is 24.3 Å². The number of carbonyl (C=O) groups excluding carboxylic acids is 2. The minimum Gasteiger partial charge on any atom is -0.489 e. The van der Waals surface area contributed by atoms with Crippen molar-refractivity contribution in [1.82, 2.24) is 15.1 Å². The Morgan fingerprint density at radius 3 is 2.74 bits per heavy atom. The van der Waals surface area contributed by atoms with Gasteiger partial charge in [-0.05, 0) is 49.8 Å². The van der Waals surface area contributed by atoms with E-state index in [-0.39, 0.29) is 47.6 Å². The highest BCUT2D eigenvalue weighted by Crippen LogP contribution is 2.31. The molecule has 0 bridgehead atoms. The molecule has 0 saturated carbocycles. The van der Waals surface area contributed by atoms with Crippen molar-refractivity contribution in [1.29, 1.82) is 0 Å². The molecule has 1 aromatic rings. The van der Waals surface area contributed by atoms with E-state index >= 15 is 0 Å². The molecule has 3 atom stereocenters. The zero-order valence-electron chi connectivity index (χ0n) is 17.7. The number of hydrogen-bond donors (Lipinski definition) is 1. The summed E-state index contributed by atoms with van der Waals surface area (Å²) in [7, 11) is 0. The number of hydrogen-bond acceptors (Lipinski definition) is 4. The van der Waals surface area contributed by atoms with Crippen LogP contribution in [0.5, 0.6) is 5.75 Å². The molecule has 4 rings (SSSR count). The Morgan fingerprint density at radius 2 is 2.03 bits per heavy atom. The number of ether oxygens (including phenoxy) is 2. The van der Waals surface area contributed by atoms with Gasteiger partial charge >= 0.3 is 6.03 Å². The number of urea groups is 1. The summed E-state index contributed by atoms with van der Waals surface area (Å²) < 4.78 is 25.0. The summed E-state index contributed by atoms with van der Waals surface area (Å²) >= 11 is 6.12. The smallest absolute Gasteiger partial charge is 0.320 e. The third kappa shape index (κ3) is 5.06. The molecule has 31 heavy (non-hydrogen) atoms. The van der Waals surface area contributed by atoms with E-state index in [1.165, 1.54) is 12.1 Å². The molecule has 3 saturated heterocycles. The SMILES string of the molecule is CCC(Oc1ccc(F)cc1Cl)C1CCN(C(=O)N2CC[C@@H]3OCC(=O)N[C@@H]3C2)CC1. The number of likely N-dealkylation sites (tertiary alicyclic amines) is 2. The lowest BCUT2D eigenvalue weighted by molar-refractivity contribution is -0.139. The van der Waals surface area contributed by atoms with E-state index < -0.39 is 0 Å². The first-order valence-corrected chi connectivity index (χ1v) is 11.4. The highest BCUT2D eigenvalue weighted by Gasteiger charge is 2.38. The molecule has 3 heterocycles. The van der Waals surface area contributed by atoms with Gasteiger partial charge < -0.3 is 24.6 Å². The molecule has 7 nitrogen and oxygen atoms in total. The lowest BCUT2D eigenvalue weighted by Crippen LogP contribution is -2.62. The molecule has 0 aromatic heterocycles. The summed E-state index contributed by atoms with van der Waals surface area (Å²) in [6, 6.07) is 4.06. The zero-order chi connectivity index (χ0) is 22.0. The van der Waals surface area contributed by atoms with Crippen LogP contribution in [0.2, 0.25) is 5.02 Å². The maximum absolute atomic E-state index is 13.3. The minimum absolute atomic E-state index is 0.00627. The number of benzene rings is 1. The van der Waals surface area contributed by atoms with Crippen LogP contribution in [-0.2, 0) is 9.53 Å². The van der Waals surface area contributed by atoms with E-state index in [0.717, 1.165) is 25.7 Å². The Hall–Kier alpha value is -2.06. The van der Waals surface area contributed by atoms with Crippen molar-refractivity contribution in [2.75, 3.05) is 32.8 Å². The predicted molar refractivity (Wildman–Crippen MR) is 114 cm³/mol. The van der Waals surface area contributed by atoms with Gasteiger partial charge in [-0.15, -0.1) is 0 Å². The molecule has 9 heteroatoms. The Labute approximate surface area is 186 Å². The Kier molecular flexibility index (Phi) is 6.86. The highest BCUT2D eigenvalue weighted by molar-refractivity contribution is 6.32. The number of nitrogens with zero attached hydrogens (tertiary/aromatic N) is 2. The Balaban J connectivity index is 1.30. The van der Waals surface area contributed by atoms with Gasteiger partial charge in [0.05, 0.1) is 17.2 Å². The first kappa shape index (κ1) is 22.1. The third-order valence-electron chi connectivity index (χ3n) is 6.51. The predicted octanol–water partition coefficient (Wildman–Crippen LogP) is 3.06. The van der Waals surface area contributed by atoms with Gasteiger partial charge in [0, 0.05) is 26.2 Å². The first-order chi connectivity index (χ1) is 14.9. The summed E-state index contributed by atoms with van der Waals surface area (Å²) in [5.41, 5.74) is 0. The molecule has 3 fully saturated rings. The lowest BCUT2D eigenvalue weighted by atomic mass is 9.89. The fourth-order valence-electron chi connectivity index (χ4n) is 4.78. The summed E-state index contributed by atoms with van der Waals surface area (Å²) in [6.45, 7) is 4.61. The van der Waals surface area contributed by atoms with Crippen LogP contribution in [-0.4, -0.2) is 72.8 Å². The van der Waals surface area contributed by atoms with Crippen molar-refractivity contribution < 1.29 is 23.5 Å². The van der Waals surface area contributed by atoms with E-state index in [1.54, 1.807) is 6.07 Å². The second-order valence-electron chi connectivity index (χ2n) is 8.50. The minimum atomic E-state index is -0.388. The maximum atomic E-state index is 13.3. The molecular weight excluding hydrogens is 425 g/mol. The monoisotopic (exact) mass is 453 g/mol. The standard InChI is InChI=1S/C22H29ClFN3O4/c1-2-18(31-19-4-3-15(24)11-16(19)23)14-5-8-26(9-6-14)22(29)27-10-7-20-17(12-27)25-21(28)13-30-20/h3-4,11,14,17-18,20H,2,5-10,12-13H2,1H3,(H,25,28)/t17-,18?,20+/m1/s1. The normalized spacial score (nSPS) is 25.6. The molecule has 0 aliphatic carbocycles. The number of morpholine rings is 1. The molecule has 170 valence electrons. The summed E-state index contributed by atoms with van der Waals surface area (Å²) in [5.74, 6) is 0.281. The van der Waals surface area contributed by atoms with Gasteiger partial charge in [0.15, 0.2) is 0 Å². The Morgan fingerprint density at radius 1 is 1.29 bits per heavy atom. The largest absolute Gasteiger partial charge is 0.489 e. The summed E-state index contributed by atoms with van der Waals surface area (Å²) in [6.07, 6.45) is 3.17. The topological polar surface area (TPSA) is 71.1 Å². The molecular formula is C22H29ClFN3O4. The van der Waals surface area contributed by atoms with Crippen LogP contribution in [0.15, 0.2) is 18.2 Å². The highest BCUT2D eigenvalue weighted by atomic mass is 35.5.